The first-order valence-corrected chi connectivity index (χ1v) is 8.48. The number of para-hydroxylation sites is 1. The lowest BCUT2D eigenvalue weighted by Gasteiger charge is -2.25. The van der Waals surface area contributed by atoms with Gasteiger partial charge in [0.25, 0.3) is 0 Å². The topological polar surface area (TPSA) is 46.1 Å². The highest BCUT2D eigenvalue weighted by atomic mass is 32.2. The molecule has 1 atom stereocenters. The number of carbonyl (C=O) groups is 1. The molecule has 0 saturated heterocycles. The van der Waals surface area contributed by atoms with Gasteiger partial charge < -0.3 is 4.90 Å². The largest absolute Gasteiger partial charge is 0.315 e. The number of amides is 1. The predicted molar refractivity (Wildman–Crippen MR) is 89.0 cm³/mol. The second kappa shape index (κ2) is 7.04. The van der Waals surface area contributed by atoms with Crippen molar-refractivity contribution >= 4 is 34.7 Å². The minimum Gasteiger partial charge on any atom is -0.315 e. The van der Waals surface area contributed by atoms with Gasteiger partial charge in [0.05, 0.1) is 5.25 Å². The number of carbonyl (C=O) groups excluding carboxylic acids is 1. The van der Waals surface area contributed by atoms with Crippen LogP contribution < -0.4 is 4.90 Å². The molecule has 0 aliphatic heterocycles. The molecule has 0 fully saturated rings. The van der Waals surface area contributed by atoms with Crippen LogP contribution in [0.5, 0.6) is 0 Å². The number of aromatic nitrogens is 2. The zero-order valence-corrected chi connectivity index (χ0v) is 14.2. The molecule has 1 aromatic heterocycles. The Labute approximate surface area is 133 Å². The van der Waals surface area contributed by atoms with Gasteiger partial charge in [-0.25, -0.2) is 0 Å². The van der Waals surface area contributed by atoms with E-state index in [9.17, 15) is 4.79 Å². The summed E-state index contributed by atoms with van der Waals surface area (Å²) in [6, 6.07) is 9.69. The van der Waals surface area contributed by atoms with E-state index < -0.39 is 0 Å². The molecule has 6 heteroatoms. The number of hydrogen-bond acceptors (Lipinski definition) is 5. The van der Waals surface area contributed by atoms with Crippen LogP contribution in [0.4, 0.5) is 5.69 Å². The predicted octanol–water partition coefficient (Wildman–Crippen LogP) is 3.63. The Hall–Kier alpha value is -1.40. The fraction of sp³-hybridized carbons (Fsp3) is 0.400. The summed E-state index contributed by atoms with van der Waals surface area (Å²) in [5.41, 5.74) is 0.905. The Balaban J connectivity index is 2.16. The van der Waals surface area contributed by atoms with E-state index in [4.69, 9.17) is 0 Å². The molecule has 0 radical (unpaired) electrons. The van der Waals surface area contributed by atoms with Gasteiger partial charge >= 0.3 is 0 Å². The molecule has 112 valence electrons. The maximum atomic E-state index is 12.8. The standard InChI is InChI=1S/C15H19N3OS2/c1-10(2)13(21-15-17-16-11(3)20-15)14(19)18(4)12-8-6-5-7-9-12/h5-10,13H,1-4H3/t13-/m1/s1. The molecule has 2 aromatic rings. The summed E-state index contributed by atoms with van der Waals surface area (Å²) >= 11 is 3.03. The number of nitrogens with zero attached hydrogens (tertiary/aromatic N) is 3. The zero-order chi connectivity index (χ0) is 15.4. The minimum absolute atomic E-state index is 0.0917. The monoisotopic (exact) mass is 321 g/mol. The van der Waals surface area contributed by atoms with Crippen molar-refractivity contribution in [3.63, 3.8) is 0 Å². The molecular formula is C15H19N3OS2. The molecule has 1 heterocycles. The average molecular weight is 321 g/mol. The Morgan fingerprint density at radius 2 is 1.90 bits per heavy atom. The van der Waals surface area contributed by atoms with Gasteiger partial charge in [-0.05, 0) is 25.0 Å². The van der Waals surface area contributed by atoms with Gasteiger partial charge in [0.1, 0.15) is 5.01 Å². The van der Waals surface area contributed by atoms with Crippen molar-refractivity contribution in [1.29, 1.82) is 0 Å². The Kier molecular flexibility index (Phi) is 5.36. The van der Waals surface area contributed by atoms with Crippen LogP contribution in [-0.2, 0) is 4.79 Å². The maximum Gasteiger partial charge on any atom is 0.240 e. The van der Waals surface area contributed by atoms with Gasteiger partial charge in [-0.15, -0.1) is 10.2 Å². The first-order chi connectivity index (χ1) is 9.99. The summed E-state index contributed by atoms with van der Waals surface area (Å²) in [6.07, 6.45) is 0. The van der Waals surface area contributed by atoms with Crippen molar-refractivity contribution < 1.29 is 4.79 Å². The summed E-state index contributed by atoms with van der Waals surface area (Å²) in [5, 5.41) is 8.88. The van der Waals surface area contributed by atoms with Crippen LogP contribution in [0.15, 0.2) is 34.7 Å². The van der Waals surface area contributed by atoms with E-state index in [1.165, 1.54) is 23.1 Å². The molecule has 21 heavy (non-hydrogen) atoms. The highest BCUT2D eigenvalue weighted by molar-refractivity contribution is 8.02. The molecule has 0 aliphatic carbocycles. The van der Waals surface area contributed by atoms with E-state index in [2.05, 4.69) is 24.0 Å². The lowest BCUT2D eigenvalue weighted by Crippen LogP contribution is -2.37. The third-order valence-corrected chi connectivity index (χ3v) is 5.51. The number of benzene rings is 1. The van der Waals surface area contributed by atoms with Crippen LogP contribution in [-0.4, -0.2) is 28.4 Å². The molecule has 1 amide bonds. The van der Waals surface area contributed by atoms with E-state index in [-0.39, 0.29) is 17.1 Å². The van der Waals surface area contributed by atoms with Crippen molar-refractivity contribution in [2.75, 3.05) is 11.9 Å². The first-order valence-electron chi connectivity index (χ1n) is 6.78. The summed E-state index contributed by atoms with van der Waals surface area (Å²) in [6.45, 7) is 6.04. The van der Waals surface area contributed by atoms with Crippen LogP contribution in [0.1, 0.15) is 18.9 Å². The second-order valence-electron chi connectivity index (χ2n) is 5.10. The lowest BCUT2D eigenvalue weighted by atomic mass is 10.1. The van der Waals surface area contributed by atoms with E-state index >= 15 is 0 Å². The van der Waals surface area contributed by atoms with Crippen molar-refractivity contribution in [2.45, 2.75) is 30.4 Å². The molecule has 0 bridgehead atoms. The summed E-state index contributed by atoms with van der Waals surface area (Å²) < 4.78 is 0.848. The van der Waals surface area contributed by atoms with Crippen molar-refractivity contribution in [3.05, 3.63) is 35.3 Å². The number of hydrogen-bond donors (Lipinski definition) is 0. The van der Waals surface area contributed by atoms with Crippen molar-refractivity contribution in [2.24, 2.45) is 5.92 Å². The van der Waals surface area contributed by atoms with Gasteiger partial charge in [0.2, 0.25) is 5.91 Å². The van der Waals surface area contributed by atoms with Crippen LogP contribution >= 0.6 is 23.1 Å². The molecule has 0 spiro atoms. The van der Waals surface area contributed by atoms with Crippen molar-refractivity contribution in [1.82, 2.24) is 10.2 Å². The van der Waals surface area contributed by atoms with Gasteiger partial charge in [-0.2, -0.15) is 0 Å². The van der Waals surface area contributed by atoms with Crippen LogP contribution in [0.2, 0.25) is 0 Å². The Morgan fingerprint density at radius 1 is 1.24 bits per heavy atom. The molecule has 0 aliphatic rings. The maximum absolute atomic E-state index is 12.8. The Bertz CT molecular complexity index is 598. The molecule has 2 rings (SSSR count). The van der Waals surface area contributed by atoms with Crippen LogP contribution in [0, 0.1) is 12.8 Å². The average Bonchev–Trinajstić information content (AvgIpc) is 2.89. The first kappa shape index (κ1) is 16.0. The molecule has 0 N–H and O–H groups in total. The van der Waals surface area contributed by atoms with Gasteiger partial charge in [-0.3, -0.25) is 4.79 Å². The third-order valence-electron chi connectivity index (χ3n) is 3.06. The molecule has 0 saturated carbocycles. The fourth-order valence-corrected chi connectivity index (χ4v) is 3.99. The highest BCUT2D eigenvalue weighted by Gasteiger charge is 2.28. The van der Waals surface area contributed by atoms with Crippen LogP contribution in [0.25, 0.3) is 0 Å². The van der Waals surface area contributed by atoms with Gasteiger partial charge in [0.15, 0.2) is 4.34 Å². The molecular weight excluding hydrogens is 302 g/mol. The van der Waals surface area contributed by atoms with E-state index in [0.717, 1.165) is 15.0 Å². The number of anilines is 1. The number of aryl methyl sites for hydroxylation is 1. The lowest BCUT2D eigenvalue weighted by molar-refractivity contribution is -0.118. The van der Waals surface area contributed by atoms with E-state index in [0.29, 0.717) is 0 Å². The SMILES string of the molecule is Cc1nnc(S[C@@H](C(=O)N(C)c2ccccc2)C(C)C)s1. The molecule has 0 unspecified atom stereocenters. The summed E-state index contributed by atoms with van der Waals surface area (Å²) in [4.78, 5) is 14.5. The second-order valence-corrected chi connectivity index (χ2v) is 7.67. The van der Waals surface area contributed by atoms with Gasteiger partial charge in [-0.1, -0.05) is 55.1 Å². The smallest absolute Gasteiger partial charge is 0.240 e. The third kappa shape index (κ3) is 4.04. The quantitative estimate of drug-likeness (QED) is 0.789. The van der Waals surface area contributed by atoms with E-state index in [1.807, 2.05) is 44.3 Å². The highest BCUT2D eigenvalue weighted by Crippen LogP contribution is 2.32. The van der Waals surface area contributed by atoms with Crippen molar-refractivity contribution in [3.8, 4) is 0 Å². The Morgan fingerprint density at radius 3 is 2.43 bits per heavy atom. The summed E-state index contributed by atoms with van der Waals surface area (Å²) in [7, 11) is 1.82. The normalized spacial score (nSPS) is 12.4. The number of thioether (sulfide) groups is 1. The fourth-order valence-electron chi connectivity index (χ4n) is 1.88. The molecule has 1 aromatic carbocycles. The number of rotatable bonds is 5. The minimum atomic E-state index is -0.164. The molecule has 4 nitrogen and oxygen atoms in total. The summed E-state index contributed by atoms with van der Waals surface area (Å²) in [5.74, 6) is 0.312. The van der Waals surface area contributed by atoms with Gasteiger partial charge in [0, 0.05) is 12.7 Å². The van der Waals surface area contributed by atoms with Crippen LogP contribution in [0.3, 0.4) is 0 Å². The zero-order valence-electron chi connectivity index (χ0n) is 12.6. The van der Waals surface area contributed by atoms with E-state index in [1.54, 1.807) is 4.90 Å².